The van der Waals surface area contributed by atoms with Crippen molar-refractivity contribution in [1.82, 2.24) is 19.6 Å². The highest BCUT2D eigenvalue weighted by atomic mass is 32.2. The zero-order chi connectivity index (χ0) is 23.8. The third-order valence-electron chi connectivity index (χ3n) is 4.42. The summed E-state index contributed by atoms with van der Waals surface area (Å²) in [6.45, 7) is 3.07. The Morgan fingerprint density at radius 3 is 2.50 bits per heavy atom. The summed E-state index contributed by atoms with van der Waals surface area (Å²) in [5, 5.41) is 6.07. The molecule has 0 spiro atoms. The molecule has 0 aliphatic heterocycles. The first-order chi connectivity index (χ1) is 14.8. The van der Waals surface area contributed by atoms with Crippen LogP contribution in [0.25, 0.3) is 5.78 Å². The van der Waals surface area contributed by atoms with Crippen molar-refractivity contribution in [3.8, 4) is 5.75 Å². The van der Waals surface area contributed by atoms with Crippen LogP contribution in [0.5, 0.6) is 5.75 Å². The number of aromatic nitrogens is 4. The van der Waals surface area contributed by atoms with Crippen molar-refractivity contribution in [2.75, 3.05) is 23.4 Å². The number of anilines is 2. The largest absolute Gasteiger partial charge is 0.495 e. The van der Waals surface area contributed by atoms with Crippen molar-refractivity contribution in [2.45, 2.75) is 26.4 Å². The number of ether oxygens (including phenoxy) is 1. The van der Waals surface area contributed by atoms with E-state index in [4.69, 9.17) is 4.74 Å². The van der Waals surface area contributed by atoms with Crippen molar-refractivity contribution in [3.63, 3.8) is 0 Å². The smallest absolute Gasteiger partial charge is 0.453 e. The molecule has 0 atom stereocenters. The molecule has 172 valence electrons. The molecule has 0 fully saturated rings. The van der Waals surface area contributed by atoms with E-state index in [1.807, 2.05) is 0 Å². The van der Waals surface area contributed by atoms with E-state index in [0.717, 1.165) is 10.8 Å². The number of sulfonamides is 1. The molecule has 2 heterocycles. The van der Waals surface area contributed by atoms with Gasteiger partial charge in [-0.2, -0.15) is 18.2 Å². The molecule has 1 amide bonds. The second-order valence-corrected chi connectivity index (χ2v) is 8.67. The highest BCUT2D eigenvalue weighted by molar-refractivity contribution is 7.92. The number of amides is 1. The summed E-state index contributed by atoms with van der Waals surface area (Å²) in [4.78, 5) is 20.0. The fraction of sp³-hybridized carbons (Fsp3) is 0.333. The van der Waals surface area contributed by atoms with Crippen LogP contribution in [-0.4, -0.2) is 47.3 Å². The Labute approximate surface area is 180 Å². The van der Waals surface area contributed by atoms with Gasteiger partial charge >= 0.3 is 6.18 Å². The number of rotatable bonds is 6. The molecule has 3 aromatic rings. The number of hydrogen-bond donors (Lipinski definition) is 2. The van der Waals surface area contributed by atoms with Crippen LogP contribution in [0.3, 0.4) is 0 Å². The van der Waals surface area contributed by atoms with Gasteiger partial charge < -0.3 is 10.1 Å². The number of aryl methyl sites for hydroxylation is 2. The van der Waals surface area contributed by atoms with Crippen LogP contribution in [0.4, 0.5) is 24.5 Å². The predicted molar refractivity (Wildman–Crippen MR) is 109 cm³/mol. The van der Waals surface area contributed by atoms with Gasteiger partial charge in [-0.1, -0.05) is 0 Å². The van der Waals surface area contributed by atoms with Gasteiger partial charge in [0.15, 0.2) is 0 Å². The number of alkyl halides is 3. The lowest BCUT2D eigenvalue weighted by atomic mass is 10.1. The molecular formula is C18H19F3N6O4S. The molecule has 0 saturated heterocycles. The SMILES string of the molecule is COc1ccc(NC(=O)Cc2c(C)nc3nc(C(F)(F)F)nn3c2C)cc1NS(C)(=O)=O. The summed E-state index contributed by atoms with van der Waals surface area (Å²) in [5.74, 6) is -1.79. The second kappa shape index (κ2) is 8.26. The maximum Gasteiger partial charge on any atom is 0.453 e. The van der Waals surface area contributed by atoms with Crippen LogP contribution in [-0.2, 0) is 27.4 Å². The zero-order valence-corrected chi connectivity index (χ0v) is 18.2. The lowest BCUT2D eigenvalue weighted by Crippen LogP contribution is -2.18. The highest BCUT2D eigenvalue weighted by Crippen LogP contribution is 2.29. The van der Waals surface area contributed by atoms with Crippen LogP contribution in [0.1, 0.15) is 22.8 Å². The van der Waals surface area contributed by atoms with E-state index >= 15 is 0 Å². The van der Waals surface area contributed by atoms with E-state index < -0.39 is 27.9 Å². The summed E-state index contributed by atoms with van der Waals surface area (Å²) in [6, 6.07) is 4.37. The molecule has 14 heteroatoms. The van der Waals surface area contributed by atoms with Crippen molar-refractivity contribution in [3.05, 3.63) is 41.0 Å². The summed E-state index contributed by atoms with van der Waals surface area (Å²) in [5.41, 5.74) is 1.42. The Hall–Kier alpha value is -3.42. The molecule has 0 aliphatic carbocycles. The van der Waals surface area contributed by atoms with E-state index in [2.05, 4.69) is 25.1 Å². The summed E-state index contributed by atoms with van der Waals surface area (Å²) in [7, 11) is -2.23. The monoisotopic (exact) mass is 472 g/mol. The Morgan fingerprint density at radius 1 is 1.22 bits per heavy atom. The molecule has 3 rings (SSSR count). The van der Waals surface area contributed by atoms with Crippen molar-refractivity contribution < 1.29 is 31.1 Å². The Kier molecular flexibility index (Phi) is 6.00. The van der Waals surface area contributed by atoms with Crippen LogP contribution in [0.2, 0.25) is 0 Å². The number of fused-ring (bicyclic) bond motifs is 1. The number of benzene rings is 1. The minimum absolute atomic E-state index is 0.130. The predicted octanol–water partition coefficient (Wildman–Crippen LogP) is 2.32. The lowest BCUT2D eigenvalue weighted by molar-refractivity contribution is -0.144. The quantitative estimate of drug-likeness (QED) is 0.564. The normalized spacial score (nSPS) is 12.1. The zero-order valence-electron chi connectivity index (χ0n) is 17.4. The number of carbonyl (C=O) groups excluding carboxylic acids is 1. The van der Waals surface area contributed by atoms with Crippen molar-refractivity contribution in [2.24, 2.45) is 0 Å². The van der Waals surface area contributed by atoms with Gasteiger partial charge in [0.25, 0.3) is 11.6 Å². The molecule has 0 radical (unpaired) electrons. The minimum atomic E-state index is -4.72. The van der Waals surface area contributed by atoms with Crippen LogP contribution < -0.4 is 14.8 Å². The third kappa shape index (κ3) is 5.07. The summed E-state index contributed by atoms with van der Waals surface area (Å²) < 4.78 is 70.2. The Morgan fingerprint density at radius 2 is 1.91 bits per heavy atom. The molecule has 0 aliphatic rings. The van der Waals surface area contributed by atoms with E-state index in [1.165, 1.54) is 32.2 Å². The fourth-order valence-electron chi connectivity index (χ4n) is 3.02. The average molecular weight is 472 g/mol. The van der Waals surface area contributed by atoms with Crippen LogP contribution in [0, 0.1) is 13.8 Å². The summed E-state index contributed by atoms with van der Waals surface area (Å²) >= 11 is 0. The number of methoxy groups -OCH3 is 1. The first kappa shape index (κ1) is 23.2. The van der Waals surface area contributed by atoms with Gasteiger partial charge in [0.1, 0.15) is 5.75 Å². The molecule has 2 aromatic heterocycles. The first-order valence-corrected chi connectivity index (χ1v) is 10.9. The number of halogens is 3. The second-order valence-electron chi connectivity index (χ2n) is 6.92. The van der Waals surface area contributed by atoms with Gasteiger partial charge in [-0.15, -0.1) is 5.10 Å². The molecular weight excluding hydrogens is 453 g/mol. The lowest BCUT2D eigenvalue weighted by Gasteiger charge is -2.13. The number of carbonyl (C=O) groups is 1. The molecule has 0 bridgehead atoms. The molecule has 1 aromatic carbocycles. The van der Waals surface area contributed by atoms with Gasteiger partial charge in [0.05, 0.1) is 25.5 Å². The van der Waals surface area contributed by atoms with Crippen LogP contribution in [0.15, 0.2) is 18.2 Å². The Balaban J connectivity index is 1.87. The fourth-order valence-corrected chi connectivity index (χ4v) is 3.57. The standard InChI is InChI=1S/C18H19F3N6O4S/c1-9-12(10(2)27-17(22-9)24-16(25-27)18(19,20)21)8-15(28)23-11-5-6-14(31-3)13(7-11)26-32(4,29)30/h5-7,26H,8H2,1-4H3,(H,23,28). The van der Waals surface area contributed by atoms with Gasteiger partial charge in [0, 0.05) is 22.6 Å². The van der Waals surface area contributed by atoms with Crippen LogP contribution >= 0.6 is 0 Å². The number of nitrogens with zero attached hydrogens (tertiary/aromatic N) is 4. The number of hydrogen-bond acceptors (Lipinski definition) is 7. The molecule has 0 unspecified atom stereocenters. The molecule has 10 nitrogen and oxygen atoms in total. The van der Waals surface area contributed by atoms with Gasteiger partial charge in [-0.25, -0.2) is 17.9 Å². The number of nitrogens with one attached hydrogen (secondary N) is 2. The molecule has 2 N–H and O–H groups in total. The Bertz CT molecular complexity index is 1300. The topological polar surface area (TPSA) is 128 Å². The van der Waals surface area contributed by atoms with E-state index in [9.17, 15) is 26.4 Å². The first-order valence-electron chi connectivity index (χ1n) is 9.04. The maximum atomic E-state index is 12.9. The molecule has 0 saturated carbocycles. The minimum Gasteiger partial charge on any atom is -0.495 e. The third-order valence-corrected chi connectivity index (χ3v) is 5.01. The van der Waals surface area contributed by atoms with E-state index in [-0.39, 0.29) is 29.3 Å². The maximum absolute atomic E-state index is 12.9. The summed E-state index contributed by atoms with van der Waals surface area (Å²) in [6.07, 6.45) is -3.96. The van der Waals surface area contributed by atoms with Gasteiger partial charge in [-0.05, 0) is 32.0 Å². The van der Waals surface area contributed by atoms with E-state index in [1.54, 1.807) is 6.92 Å². The van der Waals surface area contributed by atoms with Crippen molar-refractivity contribution in [1.29, 1.82) is 0 Å². The van der Waals surface area contributed by atoms with Gasteiger partial charge in [0.2, 0.25) is 15.9 Å². The highest BCUT2D eigenvalue weighted by Gasteiger charge is 2.37. The van der Waals surface area contributed by atoms with Gasteiger partial charge in [-0.3, -0.25) is 9.52 Å². The molecule has 32 heavy (non-hydrogen) atoms. The average Bonchev–Trinajstić information content (AvgIpc) is 3.08. The van der Waals surface area contributed by atoms with Crippen molar-refractivity contribution >= 4 is 33.1 Å². The van der Waals surface area contributed by atoms with E-state index in [0.29, 0.717) is 17.0 Å².